The number of fused-ring (bicyclic) bond motifs is 1. The highest BCUT2D eigenvalue weighted by atomic mass is 16.1. The minimum absolute atomic E-state index is 0.203. The maximum atomic E-state index is 13.0. The van der Waals surface area contributed by atoms with Gasteiger partial charge >= 0.3 is 0 Å². The van der Waals surface area contributed by atoms with Crippen LogP contribution in [0.5, 0.6) is 0 Å². The van der Waals surface area contributed by atoms with Gasteiger partial charge in [0.05, 0.1) is 5.69 Å². The second-order valence-electron chi connectivity index (χ2n) is 5.28. The summed E-state index contributed by atoms with van der Waals surface area (Å²) in [6, 6.07) is 19.1. The minimum Gasteiger partial charge on any atom is -0.358 e. The number of nitrogens with zero attached hydrogens (tertiary/aromatic N) is 4. The molecule has 4 rings (SSSR count). The van der Waals surface area contributed by atoms with Crippen molar-refractivity contribution in [3.8, 4) is 11.4 Å². The van der Waals surface area contributed by atoms with Crippen molar-refractivity contribution in [3.63, 3.8) is 0 Å². The Kier molecular flexibility index (Phi) is 3.35. The summed E-state index contributed by atoms with van der Waals surface area (Å²) in [5.74, 6) is 0.469. The summed E-state index contributed by atoms with van der Waals surface area (Å²) in [5, 5.41) is 3.01. The molecule has 0 aliphatic carbocycles. The maximum Gasteiger partial charge on any atom is 0.287 e. The summed E-state index contributed by atoms with van der Waals surface area (Å²) in [6.07, 6.45) is 1.63. The number of para-hydroxylation sites is 2. The van der Waals surface area contributed by atoms with Gasteiger partial charge in [-0.3, -0.25) is 9.36 Å². The van der Waals surface area contributed by atoms with Crippen LogP contribution in [0.25, 0.3) is 22.5 Å². The van der Waals surface area contributed by atoms with Crippen LogP contribution in [0.4, 0.5) is 5.95 Å². The van der Waals surface area contributed by atoms with E-state index in [1.807, 2.05) is 65.2 Å². The summed E-state index contributed by atoms with van der Waals surface area (Å²) < 4.78 is 3.34. The molecule has 0 aliphatic rings. The molecule has 0 atom stereocenters. The second-order valence-corrected chi connectivity index (χ2v) is 5.28. The molecule has 0 aliphatic heterocycles. The molecule has 2 aromatic heterocycles. The zero-order valence-corrected chi connectivity index (χ0v) is 13.0. The Balaban J connectivity index is 2.02. The molecule has 0 radical (unpaired) electrons. The SMILES string of the molecule is CNc1nc2c(ncn2-c2ccccc2)c(=O)n1-c1ccccc1. The lowest BCUT2D eigenvalue weighted by atomic mass is 10.3. The first-order valence-corrected chi connectivity index (χ1v) is 7.58. The van der Waals surface area contributed by atoms with Crippen LogP contribution < -0.4 is 10.9 Å². The van der Waals surface area contributed by atoms with Crippen molar-refractivity contribution in [1.82, 2.24) is 19.1 Å². The van der Waals surface area contributed by atoms with Gasteiger partial charge in [0.15, 0.2) is 11.2 Å². The van der Waals surface area contributed by atoms with Crippen molar-refractivity contribution in [2.45, 2.75) is 0 Å². The van der Waals surface area contributed by atoms with E-state index in [1.165, 1.54) is 4.57 Å². The van der Waals surface area contributed by atoms with E-state index in [4.69, 9.17) is 0 Å². The average molecular weight is 317 g/mol. The van der Waals surface area contributed by atoms with Crippen molar-refractivity contribution < 1.29 is 0 Å². The Morgan fingerprint density at radius 2 is 1.54 bits per heavy atom. The third-order valence-electron chi connectivity index (χ3n) is 3.84. The lowest BCUT2D eigenvalue weighted by Gasteiger charge is -2.12. The van der Waals surface area contributed by atoms with E-state index in [0.29, 0.717) is 17.1 Å². The molecule has 0 saturated heterocycles. The van der Waals surface area contributed by atoms with Gasteiger partial charge in [0.1, 0.15) is 6.33 Å². The molecule has 118 valence electrons. The second kappa shape index (κ2) is 5.66. The summed E-state index contributed by atoms with van der Waals surface area (Å²) >= 11 is 0. The van der Waals surface area contributed by atoms with Crippen LogP contribution >= 0.6 is 0 Å². The van der Waals surface area contributed by atoms with Crippen molar-refractivity contribution >= 4 is 17.1 Å². The molecule has 0 unspecified atom stereocenters. The normalized spacial score (nSPS) is 10.9. The molecule has 0 saturated carbocycles. The van der Waals surface area contributed by atoms with Gasteiger partial charge in [-0.05, 0) is 24.3 Å². The number of rotatable bonds is 3. The van der Waals surface area contributed by atoms with Crippen LogP contribution in [-0.4, -0.2) is 26.1 Å². The highest BCUT2D eigenvalue weighted by Gasteiger charge is 2.16. The summed E-state index contributed by atoms with van der Waals surface area (Å²) in [5.41, 5.74) is 2.32. The fraction of sp³-hybridized carbons (Fsp3) is 0.0556. The van der Waals surface area contributed by atoms with Gasteiger partial charge < -0.3 is 5.32 Å². The van der Waals surface area contributed by atoms with Crippen molar-refractivity contribution in [2.24, 2.45) is 0 Å². The predicted octanol–water partition coefficient (Wildman–Crippen LogP) is 2.61. The van der Waals surface area contributed by atoms with E-state index in [2.05, 4.69) is 15.3 Å². The summed E-state index contributed by atoms with van der Waals surface area (Å²) in [7, 11) is 1.75. The Bertz CT molecular complexity index is 1050. The number of anilines is 1. The van der Waals surface area contributed by atoms with Crippen molar-refractivity contribution in [1.29, 1.82) is 0 Å². The van der Waals surface area contributed by atoms with E-state index in [0.717, 1.165) is 11.4 Å². The van der Waals surface area contributed by atoms with Gasteiger partial charge in [0.2, 0.25) is 5.95 Å². The van der Waals surface area contributed by atoms with E-state index >= 15 is 0 Å². The largest absolute Gasteiger partial charge is 0.358 e. The molecule has 0 bridgehead atoms. The number of hydrogen-bond donors (Lipinski definition) is 1. The lowest BCUT2D eigenvalue weighted by molar-refractivity contribution is 0.954. The molecular weight excluding hydrogens is 302 g/mol. The molecule has 0 amide bonds. The van der Waals surface area contributed by atoms with E-state index in [1.54, 1.807) is 13.4 Å². The third-order valence-corrected chi connectivity index (χ3v) is 3.84. The maximum absolute atomic E-state index is 13.0. The first-order valence-electron chi connectivity index (χ1n) is 7.58. The highest BCUT2D eigenvalue weighted by Crippen LogP contribution is 2.18. The standard InChI is InChI=1S/C18H15N5O/c1-19-18-21-16-15(17(24)23(18)14-10-6-3-7-11-14)20-12-22(16)13-8-4-2-5-9-13/h2-12H,1H3,(H,19,21). The fourth-order valence-electron chi connectivity index (χ4n) is 2.71. The van der Waals surface area contributed by atoms with Crippen LogP contribution in [0, 0.1) is 0 Å². The molecule has 2 aromatic carbocycles. The zero-order chi connectivity index (χ0) is 16.5. The predicted molar refractivity (Wildman–Crippen MR) is 94.0 cm³/mol. The monoisotopic (exact) mass is 317 g/mol. The quantitative estimate of drug-likeness (QED) is 0.631. The first-order chi connectivity index (χ1) is 11.8. The molecular formula is C18H15N5O. The Morgan fingerprint density at radius 1 is 0.917 bits per heavy atom. The Labute approximate surface area is 138 Å². The number of hydrogen-bond acceptors (Lipinski definition) is 4. The molecule has 6 nitrogen and oxygen atoms in total. The lowest BCUT2D eigenvalue weighted by Crippen LogP contribution is -2.23. The van der Waals surface area contributed by atoms with Crippen LogP contribution in [0.3, 0.4) is 0 Å². The van der Waals surface area contributed by atoms with Crippen LogP contribution in [0.1, 0.15) is 0 Å². The molecule has 24 heavy (non-hydrogen) atoms. The van der Waals surface area contributed by atoms with E-state index in [-0.39, 0.29) is 5.56 Å². The molecule has 4 aromatic rings. The zero-order valence-electron chi connectivity index (χ0n) is 13.0. The van der Waals surface area contributed by atoms with Crippen LogP contribution in [0.2, 0.25) is 0 Å². The molecule has 2 heterocycles. The molecule has 6 heteroatoms. The highest BCUT2D eigenvalue weighted by molar-refractivity contribution is 5.74. The summed E-state index contributed by atoms with van der Waals surface area (Å²) in [4.78, 5) is 21.9. The van der Waals surface area contributed by atoms with Gasteiger partial charge in [-0.25, -0.2) is 9.55 Å². The van der Waals surface area contributed by atoms with Gasteiger partial charge in [0.25, 0.3) is 5.56 Å². The van der Waals surface area contributed by atoms with Gasteiger partial charge in [-0.15, -0.1) is 0 Å². The molecule has 0 spiro atoms. The Hall–Kier alpha value is -3.41. The Morgan fingerprint density at radius 3 is 2.17 bits per heavy atom. The first kappa shape index (κ1) is 14.2. The number of aromatic nitrogens is 4. The number of nitrogens with one attached hydrogen (secondary N) is 1. The minimum atomic E-state index is -0.203. The smallest absolute Gasteiger partial charge is 0.287 e. The van der Waals surface area contributed by atoms with Crippen molar-refractivity contribution in [2.75, 3.05) is 12.4 Å². The molecule has 1 N–H and O–H groups in total. The van der Waals surface area contributed by atoms with Crippen LogP contribution in [-0.2, 0) is 0 Å². The topological polar surface area (TPSA) is 64.7 Å². The van der Waals surface area contributed by atoms with Gasteiger partial charge in [0, 0.05) is 12.7 Å². The molecule has 0 fully saturated rings. The average Bonchev–Trinajstić information content (AvgIpc) is 3.07. The van der Waals surface area contributed by atoms with Gasteiger partial charge in [-0.1, -0.05) is 36.4 Å². The van der Waals surface area contributed by atoms with E-state index in [9.17, 15) is 4.79 Å². The van der Waals surface area contributed by atoms with Crippen molar-refractivity contribution in [3.05, 3.63) is 77.3 Å². The fourth-order valence-corrected chi connectivity index (χ4v) is 2.71. The third kappa shape index (κ3) is 2.16. The number of benzene rings is 2. The van der Waals surface area contributed by atoms with Crippen LogP contribution in [0.15, 0.2) is 71.8 Å². The number of imidazole rings is 1. The van der Waals surface area contributed by atoms with E-state index < -0.39 is 0 Å². The summed E-state index contributed by atoms with van der Waals surface area (Å²) in [6.45, 7) is 0. The van der Waals surface area contributed by atoms with Gasteiger partial charge in [-0.2, -0.15) is 4.98 Å².